The molecule has 2 saturated heterocycles. The molecule has 2 aromatic rings. The molecule has 2 aliphatic rings. The lowest BCUT2D eigenvalue weighted by Crippen LogP contribution is -2.29. The Kier molecular flexibility index (Phi) is 7.52. The summed E-state index contributed by atoms with van der Waals surface area (Å²) in [5, 5.41) is 9.61. The molecular weight excluding hydrogens is 339 g/mol. The molecule has 0 radical (unpaired) electrons. The smallest absolute Gasteiger partial charge is 0.125 e. The van der Waals surface area contributed by atoms with Crippen LogP contribution in [0, 0.1) is 5.82 Å². The van der Waals surface area contributed by atoms with Crippen LogP contribution in [0.5, 0.6) is 5.75 Å². The summed E-state index contributed by atoms with van der Waals surface area (Å²) in [6.07, 6.45) is 7.73. The van der Waals surface area contributed by atoms with Crippen molar-refractivity contribution in [2.24, 2.45) is 0 Å². The van der Waals surface area contributed by atoms with Gasteiger partial charge in [-0.25, -0.2) is 4.39 Å². The summed E-state index contributed by atoms with van der Waals surface area (Å²) in [6, 6.07) is 14.5. The third kappa shape index (κ3) is 6.24. The molecule has 3 nitrogen and oxygen atoms in total. The van der Waals surface area contributed by atoms with Crippen molar-refractivity contribution in [2.45, 2.75) is 45.1 Å². The average molecular weight is 371 g/mol. The number of hydrogen-bond donors (Lipinski definition) is 1. The van der Waals surface area contributed by atoms with E-state index < -0.39 is 0 Å². The van der Waals surface area contributed by atoms with E-state index in [2.05, 4.69) is 9.80 Å². The molecule has 0 spiro atoms. The third-order valence-corrected chi connectivity index (χ3v) is 5.36. The Bertz CT molecular complexity index is 694. The van der Waals surface area contributed by atoms with Crippen LogP contribution in [0.1, 0.15) is 44.1 Å². The van der Waals surface area contributed by atoms with Crippen LogP contribution in [-0.4, -0.2) is 36.2 Å². The Morgan fingerprint density at radius 3 is 2.11 bits per heavy atom. The number of anilines is 1. The number of phenolic OH excluding ortho intramolecular Hbond substituents is 1. The van der Waals surface area contributed by atoms with Gasteiger partial charge >= 0.3 is 0 Å². The fourth-order valence-corrected chi connectivity index (χ4v) is 3.83. The molecule has 1 N–H and O–H groups in total. The summed E-state index contributed by atoms with van der Waals surface area (Å²) in [5.74, 6) is 0.293. The second kappa shape index (κ2) is 10.3. The molecule has 0 aliphatic carbocycles. The summed E-state index contributed by atoms with van der Waals surface area (Å²) in [7, 11) is 0. The average Bonchev–Trinajstić information content (AvgIpc) is 2.72. The number of hydrogen-bond acceptors (Lipinski definition) is 3. The van der Waals surface area contributed by atoms with E-state index in [4.69, 9.17) is 0 Å². The van der Waals surface area contributed by atoms with Gasteiger partial charge in [-0.1, -0.05) is 30.7 Å². The van der Waals surface area contributed by atoms with Crippen LogP contribution >= 0.6 is 0 Å². The topological polar surface area (TPSA) is 26.7 Å². The maximum atomic E-state index is 12.9. The molecule has 27 heavy (non-hydrogen) atoms. The van der Waals surface area contributed by atoms with Gasteiger partial charge in [-0.3, -0.25) is 4.90 Å². The zero-order valence-electron chi connectivity index (χ0n) is 16.1. The first-order valence-corrected chi connectivity index (χ1v) is 10.2. The van der Waals surface area contributed by atoms with E-state index in [1.54, 1.807) is 18.2 Å². The van der Waals surface area contributed by atoms with E-state index in [1.165, 1.54) is 57.7 Å². The van der Waals surface area contributed by atoms with Crippen molar-refractivity contribution in [3.8, 4) is 5.75 Å². The fourth-order valence-electron chi connectivity index (χ4n) is 3.83. The minimum absolute atomic E-state index is 0.136. The predicted octanol–water partition coefficient (Wildman–Crippen LogP) is 5.19. The van der Waals surface area contributed by atoms with Gasteiger partial charge in [-0.05, 0) is 69.5 Å². The quantitative estimate of drug-likeness (QED) is 0.805. The molecule has 2 aromatic carbocycles. The molecule has 4 rings (SSSR count). The van der Waals surface area contributed by atoms with Crippen LogP contribution in [0.15, 0.2) is 48.5 Å². The zero-order chi connectivity index (χ0) is 18.9. The van der Waals surface area contributed by atoms with Crippen LogP contribution < -0.4 is 4.90 Å². The number of piperidine rings is 2. The number of phenols is 1. The minimum Gasteiger partial charge on any atom is -0.508 e. The number of nitrogens with zero attached hydrogens (tertiary/aromatic N) is 2. The molecule has 0 amide bonds. The second-order valence-corrected chi connectivity index (χ2v) is 7.49. The molecular formula is C23H31FN2O. The zero-order valence-corrected chi connectivity index (χ0v) is 16.1. The third-order valence-electron chi connectivity index (χ3n) is 5.36. The van der Waals surface area contributed by atoms with E-state index in [-0.39, 0.29) is 5.82 Å². The fraction of sp³-hybridized carbons (Fsp3) is 0.478. The number of para-hydroxylation sites is 1. The lowest BCUT2D eigenvalue weighted by atomic mass is 10.1. The van der Waals surface area contributed by atoms with Crippen molar-refractivity contribution < 1.29 is 9.50 Å². The Balaban J connectivity index is 0.000000156. The van der Waals surface area contributed by atoms with E-state index in [0.29, 0.717) is 5.75 Å². The molecule has 0 aromatic heterocycles. The molecule has 0 bridgehead atoms. The Morgan fingerprint density at radius 2 is 1.44 bits per heavy atom. The SMILES string of the molecule is Fc1cccc(N2CCCCC2)c1.Oc1ccccc1CN1CCCCC1. The minimum atomic E-state index is -0.136. The normalized spacial score (nSPS) is 17.9. The summed E-state index contributed by atoms with van der Waals surface area (Å²) in [6.45, 7) is 5.39. The van der Waals surface area contributed by atoms with Gasteiger partial charge < -0.3 is 10.0 Å². The Labute approximate surface area is 162 Å². The lowest BCUT2D eigenvalue weighted by Gasteiger charge is -2.28. The maximum absolute atomic E-state index is 12.9. The van der Waals surface area contributed by atoms with Crippen LogP contribution in [0.4, 0.5) is 10.1 Å². The summed E-state index contributed by atoms with van der Waals surface area (Å²) in [4.78, 5) is 4.67. The van der Waals surface area contributed by atoms with E-state index in [1.807, 2.05) is 24.3 Å². The molecule has 4 heteroatoms. The van der Waals surface area contributed by atoms with Gasteiger partial charge in [0.05, 0.1) is 0 Å². The van der Waals surface area contributed by atoms with Crippen molar-refractivity contribution in [3.63, 3.8) is 0 Å². The first-order chi connectivity index (χ1) is 13.2. The molecule has 2 heterocycles. The molecule has 146 valence electrons. The van der Waals surface area contributed by atoms with Gasteiger partial charge in [0.2, 0.25) is 0 Å². The predicted molar refractivity (Wildman–Crippen MR) is 110 cm³/mol. The van der Waals surface area contributed by atoms with Gasteiger partial charge in [0, 0.05) is 30.9 Å². The van der Waals surface area contributed by atoms with Gasteiger partial charge in [0.1, 0.15) is 11.6 Å². The largest absolute Gasteiger partial charge is 0.508 e. The number of aromatic hydroxyl groups is 1. The Morgan fingerprint density at radius 1 is 0.778 bits per heavy atom. The maximum Gasteiger partial charge on any atom is 0.125 e. The summed E-state index contributed by atoms with van der Waals surface area (Å²) >= 11 is 0. The van der Waals surface area contributed by atoms with Crippen LogP contribution in [0.3, 0.4) is 0 Å². The van der Waals surface area contributed by atoms with Gasteiger partial charge in [-0.2, -0.15) is 0 Å². The van der Waals surface area contributed by atoms with Gasteiger partial charge in [-0.15, -0.1) is 0 Å². The highest BCUT2D eigenvalue weighted by Crippen LogP contribution is 2.21. The van der Waals surface area contributed by atoms with E-state index in [0.717, 1.165) is 30.9 Å². The van der Waals surface area contributed by atoms with Crippen LogP contribution in [0.25, 0.3) is 0 Å². The molecule has 0 unspecified atom stereocenters. The number of rotatable bonds is 3. The van der Waals surface area contributed by atoms with Crippen LogP contribution in [-0.2, 0) is 6.54 Å². The lowest BCUT2D eigenvalue weighted by molar-refractivity contribution is 0.218. The summed E-state index contributed by atoms with van der Waals surface area (Å²) < 4.78 is 12.9. The van der Waals surface area contributed by atoms with Crippen molar-refractivity contribution >= 4 is 5.69 Å². The first-order valence-electron chi connectivity index (χ1n) is 10.2. The van der Waals surface area contributed by atoms with Crippen molar-refractivity contribution in [3.05, 3.63) is 59.9 Å². The number of likely N-dealkylation sites (tertiary alicyclic amines) is 1. The second-order valence-electron chi connectivity index (χ2n) is 7.49. The van der Waals surface area contributed by atoms with Gasteiger partial charge in [0.25, 0.3) is 0 Å². The molecule has 0 atom stereocenters. The standard InChI is InChI=1S/C12H17NO.C11H14FN/c14-12-7-3-2-6-11(12)10-13-8-4-1-5-9-13;12-10-5-4-6-11(9-10)13-7-2-1-3-8-13/h2-3,6-7,14H,1,4-5,8-10H2;4-6,9H,1-3,7-8H2. The monoisotopic (exact) mass is 370 g/mol. The summed E-state index contributed by atoms with van der Waals surface area (Å²) in [5.41, 5.74) is 2.08. The number of halogens is 1. The van der Waals surface area contributed by atoms with Crippen molar-refractivity contribution in [1.82, 2.24) is 4.90 Å². The van der Waals surface area contributed by atoms with Crippen molar-refractivity contribution in [2.75, 3.05) is 31.1 Å². The Hall–Kier alpha value is -2.07. The molecule has 2 fully saturated rings. The highest BCUT2D eigenvalue weighted by Gasteiger charge is 2.12. The van der Waals surface area contributed by atoms with Crippen molar-refractivity contribution in [1.29, 1.82) is 0 Å². The van der Waals surface area contributed by atoms with E-state index in [9.17, 15) is 9.50 Å². The van der Waals surface area contributed by atoms with E-state index >= 15 is 0 Å². The number of benzene rings is 2. The first kappa shape index (κ1) is 19.7. The highest BCUT2D eigenvalue weighted by atomic mass is 19.1. The van der Waals surface area contributed by atoms with Gasteiger partial charge in [0.15, 0.2) is 0 Å². The van der Waals surface area contributed by atoms with Crippen LogP contribution in [0.2, 0.25) is 0 Å². The molecule has 0 saturated carbocycles. The molecule has 2 aliphatic heterocycles. The highest BCUT2D eigenvalue weighted by molar-refractivity contribution is 5.46.